The molecule has 2 aromatic heterocycles. The molecule has 0 unspecified atom stereocenters. The summed E-state index contributed by atoms with van der Waals surface area (Å²) in [5, 5.41) is 3.66. The number of hydrogen-bond acceptors (Lipinski definition) is 7. The highest BCUT2D eigenvalue weighted by Crippen LogP contribution is 2.29. The average molecular weight is 362 g/mol. The number of ether oxygens (including phenoxy) is 1. The molecule has 2 heterocycles. The van der Waals surface area contributed by atoms with E-state index < -0.39 is 5.97 Å². The number of carbonyl (C=O) groups excluding carboxylic acids is 2. The van der Waals surface area contributed by atoms with Crippen LogP contribution < -0.4 is 5.32 Å². The van der Waals surface area contributed by atoms with Gasteiger partial charge in [0.05, 0.1) is 18.4 Å². The lowest BCUT2D eigenvalue weighted by Crippen LogP contribution is -2.15. The number of para-hydroxylation sites is 2. The molecule has 1 aromatic carbocycles. The van der Waals surface area contributed by atoms with Gasteiger partial charge in [0, 0.05) is 4.88 Å². The van der Waals surface area contributed by atoms with E-state index >= 15 is 0 Å². The Kier molecular flexibility index (Phi) is 4.86. The number of thioether (sulfide) groups is 1. The molecule has 0 fully saturated rings. The van der Waals surface area contributed by atoms with Crippen molar-refractivity contribution >= 4 is 51.1 Å². The van der Waals surface area contributed by atoms with Crippen LogP contribution in [0.25, 0.3) is 11.1 Å². The highest BCUT2D eigenvalue weighted by atomic mass is 32.2. The molecule has 3 rings (SSSR count). The van der Waals surface area contributed by atoms with Crippen LogP contribution in [0.1, 0.15) is 15.2 Å². The average Bonchev–Trinajstić information content (AvgIpc) is 3.15. The number of rotatable bonds is 5. The third kappa shape index (κ3) is 3.60. The molecule has 0 bridgehead atoms. The van der Waals surface area contributed by atoms with E-state index in [0.717, 1.165) is 10.4 Å². The normalized spacial score (nSPS) is 10.8. The molecule has 0 saturated heterocycles. The van der Waals surface area contributed by atoms with Gasteiger partial charge in [-0.3, -0.25) is 4.79 Å². The molecule has 3 aromatic rings. The van der Waals surface area contributed by atoms with Gasteiger partial charge in [0.1, 0.15) is 10.5 Å². The fourth-order valence-electron chi connectivity index (χ4n) is 2.07. The summed E-state index contributed by atoms with van der Waals surface area (Å²) in [5.41, 5.74) is 1.80. The lowest BCUT2D eigenvalue weighted by Gasteiger charge is -2.04. The van der Waals surface area contributed by atoms with Gasteiger partial charge in [-0.1, -0.05) is 23.9 Å². The fourth-order valence-corrected chi connectivity index (χ4v) is 3.63. The topological polar surface area (TPSA) is 81.4 Å². The number of nitrogens with one attached hydrogen (secondary N) is 1. The van der Waals surface area contributed by atoms with E-state index in [4.69, 9.17) is 9.15 Å². The van der Waals surface area contributed by atoms with Crippen LogP contribution in [0.15, 0.2) is 40.0 Å². The summed E-state index contributed by atoms with van der Waals surface area (Å²) >= 11 is 2.53. The number of nitrogens with zero attached hydrogens (tertiary/aromatic N) is 1. The minimum atomic E-state index is -0.471. The number of amides is 1. The third-order valence-electron chi connectivity index (χ3n) is 3.11. The van der Waals surface area contributed by atoms with Crippen LogP contribution in [0.5, 0.6) is 0 Å². The van der Waals surface area contributed by atoms with Gasteiger partial charge in [-0.05, 0) is 25.1 Å². The maximum atomic E-state index is 12.1. The molecule has 0 saturated carbocycles. The minimum Gasteiger partial charge on any atom is -0.465 e. The number of methoxy groups -OCH3 is 1. The van der Waals surface area contributed by atoms with Crippen molar-refractivity contribution in [3.8, 4) is 0 Å². The summed E-state index contributed by atoms with van der Waals surface area (Å²) in [7, 11) is 1.31. The van der Waals surface area contributed by atoms with E-state index in [-0.39, 0.29) is 11.7 Å². The zero-order chi connectivity index (χ0) is 17.1. The molecule has 1 amide bonds. The lowest BCUT2D eigenvalue weighted by molar-refractivity contribution is -0.113. The van der Waals surface area contributed by atoms with E-state index in [2.05, 4.69) is 10.3 Å². The number of esters is 1. The van der Waals surface area contributed by atoms with E-state index in [0.29, 0.717) is 21.4 Å². The van der Waals surface area contributed by atoms with Gasteiger partial charge in [-0.25, -0.2) is 9.78 Å². The van der Waals surface area contributed by atoms with Crippen molar-refractivity contribution in [2.24, 2.45) is 0 Å². The van der Waals surface area contributed by atoms with Gasteiger partial charge in [-0.2, -0.15) is 0 Å². The van der Waals surface area contributed by atoms with Crippen molar-refractivity contribution in [3.63, 3.8) is 0 Å². The van der Waals surface area contributed by atoms with Gasteiger partial charge in [0.15, 0.2) is 5.58 Å². The fraction of sp³-hybridized carbons (Fsp3) is 0.188. The summed E-state index contributed by atoms with van der Waals surface area (Å²) in [5.74, 6) is -0.583. The first-order valence-electron chi connectivity index (χ1n) is 7.04. The summed E-state index contributed by atoms with van der Waals surface area (Å²) in [6.07, 6.45) is 0. The van der Waals surface area contributed by atoms with E-state index in [1.165, 1.54) is 30.2 Å². The molecule has 24 heavy (non-hydrogen) atoms. The number of aryl methyl sites for hydroxylation is 1. The predicted octanol–water partition coefficient (Wildman–Crippen LogP) is 3.72. The van der Waals surface area contributed by atoms with Gasteiger partial charge in [-0.15, -0.1) is 11.3 Å². The van der Waals surface area contributed by atoms with E-state index in [9.17, 15) is 9.59 Å². The van der Waals surface area contributed by atoms with E-state index in [1.54, 1.807) is 6.07 Å². The van der Waals surface area contributed by atoms with Crippen LogP contribution in [0, 0.1) is 6.92 Å². The number of hydrogen-bond donors (Lipinski definition) is 1. The predicted molar refractivity (Wildman–Crippen MR) is 93.8 cm³/mol. The van der Waals surface area contributed by atoms with Gasteiger partial charge < -0.3 is 14.5 Å². The first-order chi connectivity index (χ1) is 11.6. The Bertz CT molecular complexity index is 868. The number of fused-ring (bicyclic) bond motifs is 1. The molecule has 0 spiro atoms. The first kappa shape index (κ1) is 16.5. The quantitative estimate of drug-likeness (QED) is 0.550. The Morgan fingerprint density at radius 2 is 2.17 bits per heavy atom. The number of benzene rings is 1. The first-order valence-corrected chi connectivity index (χ1v) is 8.84. The van der Waals surface area contributed by atoms with Crippen molar-refractivity contribution in [3.05, 3.63) is 40.8 Å². The molecule has 0 aliphatic carbocycles. The largest absolute Gasteiger partial charge is 0.465 e. The summed E-state index contributed by atoms with van der Waals surface area (Å²) < 4.78 is 10.3. The van der Waals surface area contributed by atoms with Gasteiger partial charge >= 0.3 is 5.97 Å². The number of thiophene rings is 1. The van der Waals surface area contributed by atoms with Crippen LogP contribution in [0.3, 0.4) is 0 Å². The van der Waals surface area contributed by atoms with Crippen LogP contribution in [-0.4, -0.2) is 29.7 Å². The molecule has 0 aliphatic rings. The highest BCUT2D eigenvalue weighted by Gasteiger charge is 2.18. The molecular formula is C16H14N2O4S2. The second-order valence-corrected chi connectivity index (χ2v) is 7.06. The number of oxazole rings is 1. The van der Waals surface area contributed by atoms with Crippen LogP contribution >= 0.6 is 23.1 Å². The maximum absolute atomic E-state index is 12.1. The SMILES string of the molecule is COC(=O)c1cc(C)sc1NC(=O)CSc1nc2ccccc2o1. The minimum absolute atomic E-state index is 0.129. The smallest absolute Gasteiger partial charge is 0.340 e. The molecular weight excluding hydrogens is 348 g/mol. The molecule has 0 radical (unpaired) electrons. The van der Waals surface area contributed by atoms with Crippen molar-refractivity contribution in [2.45, 2.75) is 12.1 Å². The molecule has 1 N–H and O–H groups in total. The Morgan fingerprint density at radius 3 is 2.92 bits per heavy atom. The van der Waals surface area contributed by atoms with Crippen LogP contribution in [0.2, 0.25) is 0 Å². The summed E-state index contributed by atoms with van der Waals surface area (Å²) in [6.45, 7) is 1.86. The Labute approximate surface area is 146 Å². The van der Waals surface area contributed by atoms with Crippen molar-refractivity contribution in [2.75, 3.05) is 18.2 Å². The molecule has 0 atom stereocenters. The van der Waals surface area contributed by atoms with Gasteiger partial charge in [0.25, 0.3) is 5.22 Å². The molecule has 6 nitrogen and oxygen atoms in total. The van der Waals surface area contributed by atoms with Crippen LogP contribution in [-0.2, 0) is 9.53 Å². The second-order valence-electron chi connectivity index (χ2n) is 4.88. The zero-order valence-electron chi connectivity index (χ0n) is 13.0. The van der Waals surface area contributed by atoms with Crippen molar-refractivity contribution in [1.82, 2.24) is 4.98 Å². The Morgan fingerprint density at radius 1 is 1.38 bits per heavy atom. The lowest BCUT2D eigenvalue weighted by atomic mass is 10.3. The highest BCUT2D eigenvalue weighted by molar-refractivity contribution is 7.99. The Balaban J connectivity index is 1.64. The van der Waals surface area contributed by atoms with Crippen molar-refractivity contribution in [1.29, 1.82) is 0 Å². The number of carbonyl (C=O) groups is 2. The van der Waals surface area contributed by atoms with Crippen molar-refractivity contribution < 1.29 is 18.7 Å². The molecule has 8 heteroatoms. The summed E-state index contributed by atoms with van der Waals surface area (Å²) in [4.78, 5) is 29.1. The Hall–Kier alpha value is -2.32. The number of aromatic nitrogens is 1. The standard InChI is InChI=1S/C16H14N2O4S2/c1-9-7-10(15(20)21-2)14(24-9)18-13(19)8-23-16-17-11-5-3-4-6-12(11)22-16/h3-7H,8H2,1-2H3,(H,18,19). The molecule has 0 aliphatic heterocycles. The molecule has 124 valence electrons. The third-order valence-corrected chi connectivity index (χ3v) is 4.91. The zero-order valence-corrected chi connectivity index (χ0v) is 14.6. The summed E-state index contributed by atoms with van der Waals surface area (Å²) in [6, 6.07) is 9.10. The monoisotopic (exact) mass is 362 g/mol. The van der Waals surface area contributed by atoms with Gasteiger partial charge in [0.2, 0.25) is 5.91 Å². The number of anilines is 1. The maximum Gasteiger partial charge on any atom is 0.340 e. The second kappa shape index (κ2) is 7.06. The van der Waals surface area contributed by atoms with E-state index in [1.807, 2.05) is 31.2 Å². The van der Waals surface area contributed by atoms with Crippen LogP contribution in [0.4, 0.5) is 5.00 Å².